The Balaban J connectivity index is 1.87. The molecule has 2 N–H and O–H groups in total. The summed E-state index contributed by atoms with van der Waals surface area (Å²) >= 11 is 1.58. The molecule has 0 saturated carbocycles. The van der Waals surface area contributed by atoms with Crippen LogP contribution in [0.25, 0.3) is 0 Å². The number of hydrogen-bond acceptors (Lipinski definition) is 4. The minimum absolute atomic E-state index is 0.0752. The summed E-state index contributed by atoms with van der Waals surface area (Å²) in [5.41, 5.74) is 4.06. The Morgan fingerprint density at radius 2 is 1.57 bits per heavy atom. The van der Waals surface area contributed by atoms with E-state index in [0.29, 0.717) is 16.9 Å². The standard InChI is InChI=1S/C23H24N2O3S2/c1-15-9-11-20(12-17(15)3)25-30(27,28)22-13-18(10-8-16(22)2)23(26)24-19-6-5-7-21(14-19)29-4/h5-14,25H,1-4H3,(H,24,26). The molecular formula is C23H24N2O3S2. The number of carbonyl (C=O) groups excluding carboxylic acids is 1. The second-order valence-electron chi connectivity index (χ2n) is 7.07. The van der Waals surface area contributed by atoms with E-state index in [4.69, 9.17) is 0 Å². The number of anilines is 2. The first-order valence-corrected chi connectivity index (χ1v) is 12.1. The van der Waals surface area contributed by atoms with E-state index >= 15 is 0 Å². The maximum atomic E-state index is 13.0. The Kier molecular flexibility index (Phi) is 6.53. The zero-order chi connectivity index (χ0) is 21.9. The van der Waals surface area contributed by atoms with Crippen LogP contribution in [-0.2, 0) is 10.0 Å². The fourth-order valence-electron chi connectivity index (χ4n) is 2.95. The topological polar surface area (TPSA) is 75.3 Å². The van der Waals surface area contributed by atoms with Crippen LogP contribution in [0.4, 0.5) is 11.4 Å². The summed E-state index contributed by atoms with van der Waals surface area (Å²) in [5, 5.41) is 2.83. The van der Waals surface area contributed by atoms with Crippen LogP contribution in [0.2, 0.25) is 0 Å². The van der Waals surface area contributed by atoms with Crippen LogP contribution >= 0.6 is 11.8 Å². The molecule has 5 nitrogen and oxygen atoms in total. The SMILES string of the molecule is CSc1cccc(NC(=O)c2ccc(C)c(S(=O)(=O)Nc3ccc(C)c(C)c3)c2)c1. The summed E-state index contributed by atoms with van der Waals surface area (Å²) in [7, 11) is -3.85. The Hall–Kier alpha value is -2.77. The maximum absolute atomic E-state index is 13.0. The maximum Gasteiger partial charge on any atom is 0.262 e. The average molecular weight is 441 g/mol. The summed E-state index contributed by atoms with van der Waals surface area (Å²) in [4.78, 5) is 13.8. The summed E-state index contributed by atoms with van der Waals surface area (Å²) in [6.45, 7) is 5.60. The van der Waals surface area contributed by atoms with E-state index in [2.05, 4.69) is 10.0 Å². The van der Waals surface area contributed by atoms with Gasteiger partial charge in [-0.15, -0.1) is 11.8 Å². The molecule has 0 unspecified atom stereocenters. The Morgan fingerprint density at radius 3 is 2.27 bits per heavy atom. The smallest absolute Gasteiger partial charge is 0.262 e. The zero-order valence-corrected chi connectivity index (χ0v) is 18.9. The molecule has 0 aliphatic rings. The minimum atomic E-state index is -3.85. The third-order valence-electron chi connectivity index (χ3n) is 4.83. The van der Waals surface area contributed by atoms with Crippen molar-refractivity contribution in [2.75, 3.05) is 16.3 Å². The number of carbonyl (C=O) groups is 1. The van der Waals surface area contributed by atoms with Gasteiger partial charge in [0, 0.05) is 21.8 Å². The molecule has 0 aliphatic carbocycles. The van der Waals surface area contributed by atoms with E-state index in [1.54, 1.807) is 49.0 Å². The fraction of sp³-hybridized carbons (Fsp3) is 0.174. The van der Waals surface area contributed by atoms with Crippen LogP contribution < -0.4 is 10.0 Å². The fourth-order valence-corrected chi connectivity index (χ4v) is 4.73. The van der Waals surface area contributed by atoms with Crippen LogP contribution in [-0.4, -0.2) is 20.6 Å². The monoisotopic (exact) mass is 440 g/mol. The van der Waals surface area contributed by atoms with Gasteiger partial charge in [0.1, 0.15) is 0 Å². The highest BCUT2D eigenvalue weighted by Crippen LogP contribution is 2.24. The van der Waals surface area contributed by atoms with Crippen LogP contribution in [0.3, 0.4) is 0 Å². The molecule has 0 atom stereocenters. The molecule has 0 bridgehead atoms. The van der Waals surface area contributed by atoms with Crippen molar-refractivity contribution in [3.8, 4) is 0 Å². The number of thioether (sulfide) groups is 1. The van der Waals surface area contributed by atoms with Gasteiger partial charge in [0.15, 0.2) is 0 Å². The molecule has 0 radical (unpaired) electrons. The number of benzene rings is 3. The predicted octanol–water partition coefficient (Wildman–Crippen LogP) is 5.39. The molecule has 1 amide bonds. The Morgan fingerprint density at radius 1 is 0.833 bits per heavy atom. The van der Waals surface area contributed by atoms with Crippen molar-refractivity contribution in [3.63, 3.8) is 0 Å². The first-order valence-electron chi connectivity index (χ1n) is 9.36. The molecule has 0 fully saturated rings. The predicted molar refractivity (Wildman–Crippen MR) is 124 cm³/mol. The van der Waals surface area contributed by atoms with Gasteiger partial charge in [-0.1, -0.05) is 18.2 Å². The number of aryl methyl sites for hydroxylation is 3. The molecule has 3 aromatic carbocycles. The third kappa shape index (κ3) is 5.04. The minimum Gasteiger partial charge on any atom is -0.322 e. The van der Waals surface area contributed by atoms with E-state index in [-0.39, 0.29) is 16.4 Å². The van der Waals surface area contributed by atoms with E-state index in [1.807, 2.05) is 44.4 Å². The first kappa shape index (κ1) is 21.9. The molecule has 0 aromatic heterocycles. The van der Waals surface area contributed by atoms with Crippen molar-refractivity contribution in [2.24, 2.45) is 0 Å². The van der Waals surface area contributed by atoms with Crippen LogP contribution in [0.1, 0.15) is 27.0 Å². The van der Waals surface area contributed by atoms with Gasteiger partial charge in [-0.05, 0) is 86.2 Å². The molecule has 0 spiro atoms. The molecule has 0 heterocycles. The Labute approximate surface area is 182 Å². The lowest BCUT2D eigenvalue weighted by molar-refractivity contribution is 0.102. The second kappa shape index (κ2) is 8.93. The van der Waals surface area contributed by atoms with E-state index < -0.39 is 10.0 Å². The molecule has 30 heavy (non-hydrogen) atoms. The van der Waals surface area contributed by atoms with Crippen LogP contribution in [0.15, 0.2) is 70.5 Å². The van der Waals surface area contributed by atoms with Gasteiger partial charge in [0.05, 0.1) is 4.90 Å². The molecule has 0 aliphatic heterocycles. The van der Waals surface area contributed by atoms with Gasteiger partial charge in [0.2, 0.25) is 0 Å². The highest BCUT2D eigenvalue weighted by Gasteiger charge is 2.20. The Bertz CT molecular complexity index is 1200. The lowest BCUT2D eigenvalue weighted by Gasteiger charge is -2.13. The van der Waals surface area contributed by atoms with Gasteiger partial charge >= 0.3 is 0 Å². The van der Waals surface area contributed by atoms with Crippen molar-refractivity contribution in [2.45, 2.75) is 30.6 Å². The average Bonchev–Trinajstić information content (AvgIpc) is 2.70. The molecule has 156 valence electrons. The first-order chi connectivity index (χ1) is 14.2. The normalized spacial score (nSPS) is 11.2. The van der Waals surface area contributed by atoms with Gasteiger partial charge in [0.25, 0.3) is 15.9 Å². The quantitative estimate of drug-likeness (QED) is 0.504. The summed E-state index contributed by atoms with van der Waals surface area (Å²) in [5.74, 6) is -0.365. The zero-order valence-electron chi connectivity index (χ0n) is 17.3. The number of nitrogens with one attached hydrogen (secondary N) is 2. The molecule has 7 heteroatoms. The number of rotatable bonds is 6. The highest BCUT2D eigenvalue weighted by molar-refractivity contribution is 7.98. The number of hydrogen-bond donors (Lipinski definition) is 2. The largest absolute Gasteiger partial charge is 0.322 e. The van der Waals surface area contributed by atoms with Crippen molar-refractivity contribution in [3.05, 3.63) is 82.9 Å². The number of sulfonamides is 1. The number of amides is 1. The molecule has 3 rings (SSSR count). The van der Waals surface area contributed by atoms with Crippen molar-refractivity contribution in [1.29, 1.82) is 0 Å². The molecular weight excluding hydrogens is 416 g/mol. The summed E-state index contributed by atoms with van der Waals surface area (Å²) in [6, 6.07) is 17.5. The second-order valence-corrected chi connectivity index (χ2v) is 9.60. The third-order valence-corrected chi connectivity index (χ3v) is 7.08. The van der Waals surface area contributed by atoms with E-state index in [1.165, 1.54) is 6.07 Å². The van der Waals surface area contributed by atoms with Crippen molar-refractivity contribution in [1.82, 2.24) is 0 Å². The lowest BCUT2D eigenvalue weighted by atomic mass is 10.1. The van der Waals surface area contributed by atoms with Gasteiger partial charge in [-0.25, -0.2) is 8.42 Å². The van der Waals surface area contributed by atoms with Crippen LogP contribution in [0, 0.1) is 20.8 Å². The van der Waals surface area contributed by atoms with Crippen molar-refractivity contribution >= 4 is 39.1 Å². The van der Waals surface area contributed by atoms with Gasteiger partial charge < -0.3 is 5.32 Å². The van der Waals surface area contributed by atoms with Gasteiger partial charge in [-0.3, -0.25) is 9.52 Å². The van der Waals surface area contributed by atoms with Gasteiger partial charge in [-0.2, -0.15) is 0 Å². The van der Waals surface area contributed by atoms with Crippen LogP contribution in [0.5, 0.6) is 0 Å². The lowest BCUT2D eigenvalue weighted by Crippen LogP contribution is -2.17. The van der Waals surface area contributed by atoms with Crippen molar-refractivity contribution < 1.29 is 13.2 Å². The molecule has 3 aromatic rings. The molecule has 0 saturated heterocycles. The summed E-state index contributed by atoms with van der Waals surface area (Å²) in [6.07, 6.45) is 1.96. The van der Waals surface area contributed by atoms with E-state index in [0.717, 1.165) is 16.0 Å². The van der Waals surface area contributed by atoms with E-state index in [9.17, 15) is 13.2 Å². The summed E-state index contributed by atoms with van der Waals surface area (Å²) < 4.78 is 28.6. The highest BCUT2D eigenvalue weighted by atomic mass is 32.2.